The minimum atomic E-state index is -3.36. The Balaban J connectivity index is 2.82. The van der Waals surface area contributed by atoms with E-state index >= 15 is 0 Å². The van der Waals surface area contributed by atoms with Gasteiger partial charge in [0.1, 0.15) is 0 Å². The summed E-state index contributed by atoms with van der Waals surface area (Å²) in [5.41, 5.74) is 1.82. The summed E-state index contributed by atoms with van der Waals surface area (Å²) in [5.74, 6) is 4.77. The Morgan fingerprint density at radius 3 is 2.31 bits per heavy atom. The molecule has 0 amide bonds. The van der Waals surface area contributed by atoms with Crippen molar-refractivity contribution in [3.8, 4) is 0 Å². The standard InChI is InChI=1S/C8H12N2O2S/c1-7-2-4-8(5-3-7)6-13(11,12)10-9/h2-5,10H,6,9H2,1H3. The van der Waals surface area contributed by atoms with Crippen LogP contribution in [0.4, 0.5) is 0 Å². The topological polar surface area (TPSA) is 72.2 Å². The molecular formula is C8H12N2O2S. The second kappa shape index (κ2) is 3.87. The summed E-state index contributed by atoms with van der Waals surface area (Å²) >= 11 is 0. The van der Waals surface area contributed by atoms with Crippen molar-refractivity contribution >= 4 is 10.0 Å². The average Bonchev–Trinajstić information content (AvgIpc) is 2.09. The summed E-state index contributed by atoms with van der Waals surface area (Å²) in [4.78, 5) is 1.78. The van der Waals surface area contributed by atoms with Crippen molar-refractivity contribution < 1.29 is 8.42 Å². The molecule has 1 rings (SSSR count). The van der Waals surface area contributed by atoms with Gasteiger partial charge in [-0.1, -0.05) is 29.8 Å². The summed E-state index contributed by atoms with van der Waals surface area (Å²) in [5, 5.41) is 0. The van der Waals surface area contributed by atoms with Gasteiger partial charge in [-0.3, -0.25) is 5.84 Å². The van der Waals surface area contributed by atoms with Crippen LogP contribution in [0.1, 0.15) is 11.1 Å². The largest absolute Gasteiger partial charge is 0.258 e. The Morgan fingerprint density at radius 1 is 1.31 bits per heavy atom. The second-order valence-corrected chi connectivity index (χ2v) is 4.62. The first-order valence-electron chi connectivity index (χ1n) is 3.79. The first kappa shape index (κ1) is 10.2. The Kier molecular flexibility index (Phi) is 3.02. The van der Waals surface area contributed by atoms with Gasteiger partial charge in [0, 0.05) is 0 Å². The van der Waals surface area contributed by atoms with Crippen LogP contribution in [0.25, 0.3) is 0 Å². The SMILES string of the molecule is Cc1ccc(CS(=O)(=O)NN)cc1. The lowest BCUT2D eigenvalue weighted by Crippen LogP contribution is -2.31. The fraction of sp³-hybridized carbons (Fsp3) is 0.250. The minimum absolute atomic E-state index is 0.0796. The molecule has 13 heavy (non-hydrogen) atoms. The zero-order valence-electron chi connectivity index (χ0n) is 7.32. The van der Waals surface area contributed by atoms with E-state index in [1.165, 1.54) is 0 Å². The van der Waals surface area contributed by atoms with Crippen molar-refractivity contribution in [1.29, 1.82) is 0 Å². The van der Waals surface area contributed by atoms with Gasteiger partial charge in [0.05, 0.1) is 5.75 Å². The Bertz CT molecular complexity index is 370. The third-order valence-electron chi connectivity index (χ3n) is 1.66. The molecule has 0 saturated carbocycles. The van der Waals surface area contributed by atoms with Crippen molar-refractivity contribution in [2.75, 3.05) is 0 Å². The number of hydrogen-bond donors (Lipinski definition) is 2. The summed E-state index contributed by atoms with van der Waals surface area (Å²) < 4.78 is 22.0. The molecule has 1 aromatic rings. The van der Waals surface area contributed by atoms with Crippen molar-refractivity contribution in [2.24, 2.45) is 5.84 Å². The van der Waals surface area contributed by atoms with Crippen LogP contribution in [0.5, 0.6) is 0 Å². The van der Waals surface area contributed by atoms with Crippen LogP contribution in [0.3, 0.4) is 0 Å². The molecule has 0 aliphatic rings. The minimum Gasteiger partial charge on any atom is -0.258 e. The smallest absolute Gasteiger partial charge is 0.228 e. The van der Waals surface area contributed by atoms with E-state index in [2.05, 4.69) is 0 Å². The first-order valence-corrected chi connectivity index (χ1v) is 5.44. The number of benzene rings is 1. The van der Waals surface area contributed by atoms with Crippen LogP contribution < -0.4 is 10.7 Å². The molecule has 0 fully saturated rings. The molecule has 0 aromatic heterocycles. The molecule has 0 heterocycles. The van der Waals surface area contributed by atoms with Crippen LogP contribution in [0.2, 0.25) is 0 Å². The molecular weight excluding hydrogens is 188 g/mol. The fourth-order valence-corrected chi connectivity index (χ4v) is 1.66. The van der Waals surface area contributed by atoms with E-state index in [0.717, 1.165) is 11.1 Å². The third-order valence-corrected chi connectivity index (χ3v) is 2.73. The zero-order chi connectivity index (χ0) is 9.90. The van der Waals surface area contributed by atoms with Crippen molar-refractivity contribution in [2.45, 2.75) is 12.7 Å². The third kappa shape index (κ3) is 3.14. The van der Waals surface area contributed by atoms with E-state index in [1.54, 1.807) is 17.0 Å². The monoisotopic (exact) mass is 200 g/mol. The van der Waals surface area contributed by atoms with Crippen LogP contribution >= 0.6 is 0 Å². The summed E-state index contributed by atoms with van der Waals surface area (Å²) in [7, 11) is -3.36. The Morgan fingerprint density at radius 2 is 1.85 bits per heavy atom. The molecule has 0 bridgehead atoms. The van der Waals surface area contributed by atoms with Crippen LogP contribution in [-0.4, -0.2) is 8.42 Å². The van der Waals surface area contributed by atoms with Crippen LogP contribution in [-0.2, 0) is 15.8 Å². The highest BCUT2D eigenvalue weighted by molar-refractivity contribution is 7.88. The van der Waals surface area contributed by atoms with Gasteiger partial charge in [0.15, 0.2) is 0 Å². The van der Waals surface area contributed by atoms with Crippen molar-refractivity contribution in [3.63, 3.8) is 0 Å². The van der Waals surface area contributed by atoms with E-state index in [1.807, 2.05) is 19.1 Å². The molecule has 0 aliphatic heterocycles. The van der Waals surface area contributed by atoms with Gasteiger partial charge >= 0.3 is 0 Å². The van der Waals surface area contributed by atoms with Crippen LogP contribution in [0.15, 0.2) is 24.3 Å². The predicted octanol–water partition coefficient (Wildman–Crippen LogP) is 0.288. The van der Waals surface area contributed by atoms with E-state index < -0.39 is 10.0 Å². The van der Waals surface area contributed by atoms with E-state index in [4.69, 9.17) is 5.84 Å². The lowest BCUT2D eigenvalue weighted by Gasteiger charge is -2.02. The molecule has 0 unspecified atom stereocenters. The Hall–Kier alpha value is -0.910. The highest BCUT2D eigenvalue weighted by atomic mass is 32.2. The molecule has 0 spiro atoms. The van der Waals surface area contributed by atoms with E-state index in [0.29, 0.717) is 0 Å². The molecule has 0 radical (unpaired) electrons. The van der Waals surface area contributed by atoms with Gasteiger partial charge in [0.25, 0.3) is 0 Å². The van der Waals surface area contributed by atoms with Crippen molar-refractivity contribution in [1.82, 2.24) is 4.83 Å². The maximum atomic E-state index is 11.0. The normalized spacial score (nSPS) is 11.5. The van der Waals surface area contributed by atoms with Gasteiger partial charge in [-0.15, -0.1) is 0 Å². The molecule has 5 heteroatoms. The predicted molar refractivity (Wildman–Crippen MR) is 51.1 cm³/mol. The van der Waals surface area contributed by atoms with Gasteiger partial charge in [-0.2, -0.15) is 4.83 Å². The molecule has 0 saturated heterocycles. The quantitative estimate of drug-likeness (QED) is 0.544. The summed E-state index contributed by atoms with van der Waals surface area (Å²) in [6, 6.07) is 7.26. The van der Waals surface area contributed by atoms with Gasteiger partial charge in [-0.25, -0.2) is 8.42 Å². The number of nitrogens with two attached hydrogens (primary N) is 1. The number of hydrogen-bond acceptors (Lipinski definition) is 3. The number of rotatable bonds is 3. The highest BCUT2D eigenvalue weighted by Gasteiger charge is 2.07. The molecule has 1 aromatic carbocycles. The van der Waals surface area contributed by atoms with Gasteiger partial charge < -0.3 is 0 Å². The molecule has 3 N–H and O–H groups in total. The fourth-order valence-electron chi connectivity index (χ4n) is 0.945. The molecule has 72 valence electrons. The number of hydrazine groups is 1. The molecule has 0 aliphatic carbocycles. The van der Waals surface area contributed by atoms with Gasteiger partial charge in [0.2, 0.25) is 10.0 Å². The first-order chi connectivity index (χ1) is 6.03. The summed E-state index contributed by atoms with van der Waals surface area (Å²) in [6.07, 6.45) is 0. The number of sulfonamides is 1. The number of aryl methyl sites for hydroxylation is 1. The lowest BCUT2D eigenvalue weighted by molar-refractivity contribution is 0.583. The second-order valence-electron chi connectivity index (χ2n) is 2.86. The maximum absolute atomic E-state index is 11.0. The summed E-state index contributed by atoms with van der Waals surface area (Å²) in [6.45, 7) is 1.94. The Labute approximate surface area is 77.8 Å². The van der Waals surface area contributed by atoms with Crippen LogP contribution in [0, 0.1) is 6.92 Å². The average molecular weight is 200 g/mol. The van der Waals surface area contributed by atoms with E-state index in [-0.39, 0.29) is 5.75 Å². The number of nitrogens with one attached hydrogen (secondary N) is 1. The molecule has 4 nitrogen and oxygen atoms in total. The molecule has 0 atom stereocenters. The zero-order valence-corrected chi connectivity index (χ0v) is 8.14. The highest BCUT2D eigenvalue weighted by Crippen LogP contribution is 2.05. The van der Waals surface area contributed by atoms with Gasteiger partial charge in [-0.05, 0) is 12.5 Å². The maximum Gasteiger partial charge on any atom is 0.228 e. The lowest BCUT2D eigenvalue weighted by atomic mass is 10.2. The van der Waals surface area contributed by atoms with E-state index in [9.17, 15) is 8.42 Å². The van der Waals surface area contributed by atoms with Crippen molar-refractivity contribution in [3.05, 3.63) is 35.4 Å².